The second kappa shape index (κ2) is 10.1. The minimum atomic E-state index is -0.173. The number of hydrogen-bond acceptors (Lipinski definition) is 0. The van der Waals surface area contributed by atoms with Crippen molar-refractivity contribution in [3.05, 3.63) is 83.7 Å². The van der Waals surface area contributed by atoms with Crippen LogP contribution in [0.3, 0.4) is 0 Å². The van der Waals surface area contributed by atoms with Gasteiger partial charge < -0.3 is 0 Å². The van der Waals surface area contributed by atoms with E-state index in [9.17, 15) is 4.39 Å². The summed E-state index contributed by atoms with van der Waals surface area (Å²) in [6.07, 6.45) is 17.3. The van der Waals surface area contributed by atoms with Crippen molar-refractivity contribution in [1.29, 1.82) is 0 Å². The molecular formula is C30H33F. The first-order valence-corrected chi connectivity index (χ1v) is 11.8. The Labute approximate surface area is 187 Å². The summed E-state index contributed by atoms with van der Waals surface area (Å²) >= 11 is 0. The third-order valence-electron chi connectivity index (χ3n) is 6.81. The Morgan fingerprint density at radius 1 is 0.871 bits per heavy atom. The third kappa shape index (κ3) is 5.98. The van der Waals surface area contributed by atoms with Crippen LogP contribution in [0.25, 0.3) is 11.1 Å². The molecule has 160 valence electrons. The van der Waals surface area contributed by atoms with Gasteiger partial charge in [-0.1, -0.05) is 80.2 Å². The molecule has 2 aliphatic rings. The van der Waals surface area contributed by atoms with Gasteiger partial charge in [0.25, 0.3) is 0 Å². The zero-order chi connectivity index (χ0) is 21.6. The van der Waals surface area contributed by atoms with Crippen molar-refractivity contribution in [2.75, 3.05) is 0 Å². The third-order valence-corrected chi connectivity index (χ3v) is 6.81. The lowest BCUT2D eigenvalue weighted by Gasteiger charge is -2.24. The molecule has 31 heavy (non-hydrogen) atoms. The first-order valence-electron chi connectivity index (χ1n) is 11.8. The molecule has 0 saturated heterocycles. The molecule has 2 unspecified atom stereocenters. The van der Waals surface area contributed by atoms with Crippen molar-refractivity contribution < 1.29 is 4.39 Å². The Bertz CT molecular complexity index is 991. The van der Waals surface area contributed by atoms with Gasteiger partial charge in [0.2, 0.25) is 0 Å². The summed E-state index contributed by atoms with van der Waals surface area (Å²) < 4.78 is 14.2. The number of aryl methyl sites for hydroxylation is 1. The van der Waals surface area contributed by atoms with E-state index in [1.54, 1.807) is 6.07 Å². The quantitative estimate of drug-likeness (QED) is 0.353. The number of benzene rings is 2. The SMILES string of the molecule is Cc1ccc(-c2ccc(C#CC3C=CC(/C=C/C4CCC(C)CC4)CC3)cc2)c(F)c1. The number of hydrogen-bond donors (Lipinski definition) is 0. The van der Waals surface area contributed by atoms with Crippen molar-refractivity contribution in [1.82, 2.24) is 0 Å². The molecule has 0 aromatic heterocycles. The zero-order valence-corrected chi connectivity index (χ0v) is 18.8. The van der Waals surface area contributed by atoms with Crippen LogP contribution >= 0.6 is 0 Å². The van der Waals surface area contributed by atoms with Crippen LogP contribution in [-0.2, 0) is 0 Å². The van der Waals surface area contributed by atoms with Crippen molar-refractivity contribution in [2.24, 2.45) is 23.7 Å². The summed E-state index contributed by atoms with van der Waals surface area (Å²) in [5.41, 5.74) is 3.45. The highest BCUT2D eigenvalue weighted by molar-refractivity contribution is 5.65. The van der Waals surface area contributed by atoms with E-state index in [1.165, 1.54) is 32.1 Å². The Kier molecular flexibility index (Phi) is 7.08. The van der Waals surface area contributed by atoms with Crippen LogP contribution < -0.4 is 0 Å². The van der Waals surface area contributed by atoms with Gasteiger partial charge in [-0.15, -0.1) is 0 Å². The fourth-order valence-corrected chi connectivity index (χ4v) is 4.66. The lowest BCUT2D eigenvalue weighted by atomic mass is 9.81. The molecule has 0 aliphatic heterocycles. The van der Waals surface area contributed by atoms with Crippen LogP contribution in [0.2, 0.25) is 0 Å². The molecule has 0 N–H and O–H groups in total. The van der Waals surface area contributed by atoms with E-state index in [0.29, 0.717) is 17.4 Å². The second-order valence-electron chi connectivity index (χ2n) is 9.47. The number of allylic oxidation sites excluding steroid dienone is 4. The van der Waals surface area contributed by atoms with E-state index in [0.717, 1.165) is 34.9 Å². The van der Waals surface area contributed by atoms with E-state index >= 15 is 0 Å². The zero-order valence-electron chi connectivity index (χ0n) is 18.8. The molecule has 0 heterocycles. The molecule has 1 fully saturated rings. The predicted octanol–water partition coefficient (Wildman–Crippen LogP) is 8.12. The monoisotopic (exact) mass is 412 g/mol. The van der Waals surface area contributed by atoms with E-state index in [-0.39, 0.29) is 5.82 Å². The minimum absolute atomic E-state index is 0.173. The number of halogens is 1. The normalized spacial score (nSPS) is 25.9. The first-order chi connectivity index (χ1) is 15.1. The van der Waals surface area contributed by atoms with E-state index in [2.05, 4.69) is 43.1 Å². The van der Waals surface area contributed by atoms with Gasteiger partial charge in [0.15, 0.2) is 0 Å². The average molecular weight is 413 g/mol. The molecular weight excluding hydrogens is 379 g/mol. The van der Waals surface area contributed by atoms with Gasteiger partial charge in [0.1, 0.15) is 5.82 Å². The fraction of sp³-hybridized carbons (Fsp3) is 0.400. The van der Waals surface area contributed by atoms with Gasteiger partial charge >= 0.3 is 0 Å². The molecule has 2 atom stereocenters. The summed E-state index contributed by atoms with van der Waals surface area (Å²) in [5.74, 6) is 9.15. The van der Waals surface area contributed by atoms with Crippen LogP contribution in [0.15, 0.2) is 66.8 Å². The highest BCUT2D eigenvalue weighted by Gasteiger charge is 2.17. The van der Waals surface area contributed by atoms with Gasteiger partial charge in [-0.05, 0) is 79.7 Å². The van der Waals surface area contributed by atoms with Crippen LogP contribution in [0.1, 0.15) is 56.6 Å². The van der Waals surface area contributed by atoms with Gasteiger partial charge in [0.05, 0.1) is 0 Å². The Morgan fingerprint density at radius 3 is 2.32 bits per heavy atom. The molecule has 4 rings (SSSR count). The number of rotatable bonds is 3. The molecule has 0 nitrogen and oxygen atoms in total. The topological polar surface area (TPSA) is 0 Å². The van der Waals surface area contributed by atoms with Gasteiger partial charge in [-0.25, -0.2) is 4.39 Å². The maximum Gasteiger partial charge on any atom is 0.131 e. The van der Waals surface area contributed by atoms with E-state index < -0.39 is 0 Å². The van der Waals surface area contributed by atoms with Gasteiger partial charge in [0, 0.05) is 17.0 Å². The van der Waals surface area contributed by atoms with Crippen LogP contribution in [0.5, 0.6) is 0 Å². The molecule has 2 aliphatic carbocycles. The highest BCUT2D eigenvalue weighted by atomic mass is 19.1. The predicted molar refractivity (Wildman–Crippen MR) is 129 cm³/mol. The molecule has 1 saturated carbocycles. The van der Waals surface area contributed by atoms with Gasteiger partial charge in [-0.3, -0.25) is 0 Å². The van der Waals surface area contributed by atoms with E-state index in [4.69, 9.17) is 0 Å². The van der Waals surface area contributed by atoms with Gasteiger partial charge in [-0.2, -0.15) is 0 Å². The maximum atomic E-state index is 14.2. The summed E-state index contributed by atoms with van der Waals surface area (Å²) in [7, 11) is 0. The smallest absolute Gasteiger partial charge is 0.131 e. The maximum absolute atomic E-state index is 14.2. The summed E-state index contributed by atoms with van der Waals surface area (Å²) in [4.78, 5) is 0. The van der Waals surface area contributed by atoms with Crippen LogP contribution in [-0.4, -0.2) is 0 Å². The molecule has 0 bridgehead atoms. The molecule has 2 aromatic rings. The Balaban J connectivity index is 1.32. The Morgan fingerprint density at radius 2 is 1.65 bits per heavy atom. The minimum Gasteiger partial charge on any atom is -0.206 e. The average Bonchev–Trinajstić information content (AvgIpc) is 2.79. The van der Waals surface area contributed by atoms with Crippen molar-refractivity contribution in [3.63, 3.8) is 0 Å². The van der Waals surface area contributed by atoms with E-state index in [1.807, 2.05) is 43.3 Å². The standard InChI is InChI=1S/C30H33F/c1-22-3-6-24(7-4-22)8-9-25-10-12-26(13-11-25)14-15-27-16-18-28(19-17-27)29-20-5-23(2)21-30(29)31/h5,8-10,12,16-22,24-26H,3-4,6-7,11,13H2,1-2H3/b9-8+. The molecule has 1 heteroatoms. The van der Waals surface area contributed by atoms with Crippen molar-refractivity contribution in [2.45, 2.75) is 52.4 Å². The summed E-state index contributed by atoms with van der Waals surface area (Å²) in [6, 6.07) is 13.3. The van der Waals surface area contributed by atoms with Crippen LogP contribution in [0, 0.1) is 48.3 Å². The first kappa shape index (κ1) is 21.6. The molecule has 2 aromatic carbocycles. The summed E-state index contributed by atoms with van der Waals surface area (Å²) in [6.45, 7) is 4.28. The molecule has 0 amide bonds. The molecule has 0 spiro atoms. The fourth-order valence-electron chi connectivity index (χ4n) is 4.66. The van der Waals surface area contributed by atoms with Crippen LogP contribution in [0.4, 0.5) is 4.39 Å². The summed E-state index contributed by atoms with van der Waals surface area (Å²) in [5, 5.41) is 0. The van der Waals surface area contributed by atoms with Crippen molar-refractivity contribution >= 4 is 0 Å². The lowest BCUT2D eigenvalue weighted by molar-refractivity contribution is 0.329. The van der Waals surface area contributed by atoms with Crippen molar-refractivity contribution in [3.8, 4) is 23.0 Å². The highest BCUT2D eigenvalue weighted by Crippen LogP contribution is 2.30. The molecule has 0 radical (unpaired) electrons. The largest absolute Gasteiger partial charge is 0.206 e. The second-order valence-corrected chi connectivity index (χ2v) is 9.47. The Hall–Kier alpha value is -2.59. The lowest BCUT2D eigenvalue weighted by Crippen LogP contribution is -2.11.